The van der Waals surface area contributed by atoms with Gasteiger partial charge < -0.3 is 4.67 Å². The number of hydrogen-bond acceptors (Lipinski definition) is 2. The van der Waals surface area contributed by atoms with Crippen molar-refractivity contribution in [1.29, 1.82) is 0 Å². The number of anilines is 2. The van der Waals surface area contributed by atoms with Crippen LogP contribution in [0.25, 0.3) is 0 Å². The van der Waals surface area contributed by atoms with Gasteiger partial charge in [0.15, 0.2) is 0 Å². The molecule has 2 atom stereocenters. The molecule has 0 aliphatic heterocycles. The van der Waals surface area contributed by atoms with Crippen LogP contribution >= 0.6 is 17.3 Å². The molecule has 0 radical (unpaired) electrons. The summed E-state index contributed by atoms with van der Waals surface area (Å²) in [6.45, 7) is 0. The van der Waals surface area contributed by atoms with E-state index in [4.69, 9.17) is 1.37 Å². The molecule has 0 aliphatic carbocycles. The van der Waals surface area contributed by atoms with Crippen molar-refractivity contribution in [2.45, 2.75) is 0 Å². The third-order valence-corrected chi connectivity index (χ3v) is 3.44. The lowest BCUT2D eigenvalue weighted by Gasteiger charge is -2.21. The molecular weight excluding hydrogens is 222 g/mol. The lowest BCUT2D eigenvalue weighted by atomic mass is 10.3. The molecule has 0 amide bonds. The molecule has 76 valence electrons. The van der Waals surface area contributed by atoms with Gasteiger partial charge in [0.2, 0.25) is 0 Å². The predicted octanol–water partition coefficient (Wildman–Crippen LogP) is 3.60. The molecule has 0 saturated carbocycles. The summed E-state index contributed by atoms with van der Waals surface area (Å²) in [6, 6.07) is 13.8. The van der Waals surface area contributed by atoms with E-state index in [0.717, 1.165) is 11.5 Å². The normalized spacial score (nSPS) is 11.7. The average molecular weight is 236 g/mol. The Morgan fingerprint density at radius 3 is 2.73 bits per heavy atom. The van der Waals surface area contributed by atoms with Crippen LogP contribution in [0.2, 0.25) is 0 Å². The number of benzene rings is 1. The minimum Gasteiger partial charge on any atom is -0.304 e. The molecule has 0 N–H and O–H groups in total. The van der Waals surface area contributed by atoms with Crippen molar-refractivity contribution in [2.24, 2.45) is 0 Å². The third kappa shape index (κ3) is 2.53. The van der Waals surface area contributed by atoms with Gasteiger partial charge in [0, 0.05) is 20.3 Å². The minimum atomic E-state index is 0.468. The highest BCUT2D eigenvalue weighted by Gasteiger charge is 2.06. The van der Waals surface area contributed by atoms with E-state index in [9.17, 15) is 0 Å². The van der Waals surface area contributed by atoms with Gasteiger partial charge in [0.25, 0.3) is 0 Å². The van der Waals surface area contributed by atoms with Gasteiger partial charge in [-0.25, -0.2) is 4.98 Å². The van der Waals surface area contributed by atoms with Gasteiger partial charge in [0.1, 0.15) is 5.82 Å². The van der Waals surface area contributed by atoms with Crippen LogP contribution in [-0.2, 0) is 0 Å². The highest BCUT2D eigenvalue weighted by molar-refractivity contribution is 8.03. The SMILES string of the molecule is [3H]c1ccccc1N(PP)c1ccccn1. The van der Waals surface area contributed by atoms with Gasteiger partial charge in [-0.15, -0.1) is 0 Å². The Hall–Kier alpha value is -0.970. The van der Waals surface area contributed by atoms with E-state index in [2.05, 4.69) is 13.9 Å². The summed E-state index contributed by atoms with van der Waals surface area (Å²) < 4.78 is 9.90. The van der Waals surface area contributed by atoms with E-state index in [-0.39, 0.29) is 0 Å². The van der Waals surface area contributed by atoms with Gasteiger partial charge >= 0.3 is 0 Å². The summed E-state index contributed by atoms with van der Waals surface area (Å²) in [5.41, 5.74) is 0.884. The smallest absolute Gasteiger partial charge is 0.136 e. The number of hydrogen-bond donors (Lipinski definition) is 0. The maximum atomic E-state index is 7.88. The van der Waals surface area contributed by atoms with E-state index < -0.39 is 0 Å². The molecule has 0 saturated heterocycles. The fourth-order valence-corrected chi connectivity index (χ4v) is 2.62. The number of nitrogens with zero attached hydrogens (tertiary/aromatic N) is 2. The number of para-hydroxylation sites is 1. The summed E-state index contributed by atoms with van der Waals surface area (Å²) in [4.78, 5) is 4.30. The van der Waals surface area contributed by atoms with E-state index in [0.29, 0.717) is 14.5 Å². The first-order chi connectivity index (χ1) is 7.83. The second-order valence-corrected chi connectivity index (χ2v) is 4.38. The van der Waals surface area contributed by atoms with Crippen molar-refractivity contribution in [3.05, 3.63) is 54.7 Å². The topological polar surface area (TPSA) is 16.1 Å². The first-order valence-corrected chi connectivity index (χ1v) is 7.31. The summed E-state index contributed by atoms with van der Waals surface area (Å²) >= 11 is 0. The van der Waals surface area contributed by atoms with Crippen LogP contribution < -0.4 is 4.67 Å². The van der Waals surface area contributed by atoms with Crippen molar-refractivity contribution in [1.82, 2.24) is 4.98 Å². The van der Waals surface area contributed by atoms with Crippen molar-refractivity contribution in [3.63, 3.8) is 0 Å². The number of pyridine rings is 1. The molecule has 1 heterocycles. The van der Waals surface area contributed by atoms with E-state index in [1.807, 2.05) is 41.1 Å². The van der Waals surface area contributed by atoms with E-state index in [1.54, 1.807) is 12.3 Å². The van der Waals surface area contributed by atoms with Crippen LogP contribution in [0.15, 0.2) is 54.7 Å². The zero-order valence-electron chi connectivity index (χ0n) is 9.09. The molecule has 2 nitrogen and oxygen atoms in total. The Kier molecular flexibility index (Phi) is 3.22. The lowest BCUT2D eigenvalue weighted by Crippen LogP contribution is -2.03. The van der Waals surface area contributed by atoms with Crippen LogP contribution in [0.4, 0.5) is 11.5 Å². The van der Waals surface area contributed by atoms with Gasteiger partial charge in [0.05, 0.1) is 1.37 Å². The summed E-state index contributed by atoms with van der Waals surface area (Å²) in [5, 5.41) is 0. The molecule has 2 unspecified atom stereocenters. The van der Waals surface area contributed by atoms with E-state index >= 15 is 0 Å². The second-order valence-electron chi connectivity index (χ2n) is 2.90. The second kappa shape index (κ2) is 5.21. The van der Waals surface area contributed by atoms with Crippen molar-refractivity contribution < 1.29 is 1.37 Å². The Balaban J connectivity index is 2.41. The molecule has 1 aromatic heterocycles. The highest BCUT2D eigenvalue weighted by atomic mass is 32.0. The highest BCUT2D eigenvalue weighted by Crippen LogP contribution is 2.38. The Labute approximate surface area is 95.1 Å². The monoisotopic (exact) mass is 236 g/mol. The summed E-state index contributed by atoms with van der Waals surface area (Å²) in [7, 11) is 3.16. The number of rotatable bonds is 3. The molecule has 15 heavy (non-hydrogen) atoms. The average Bonchev–Trinajstić information content (AvgIpc) is 2.34. The first kappa shape index (κ1) is 9.27. The number of aromatic nitrogens is 1. The molecule has 1 aromatic carbocycles. The van der Waals surface area contributed by atoms with Crippen LogP contribution in [-0.4, -0.2) is 4.98 Å². The van der Waals surface area contributed by atoms with Crippen LogP contribution in [0.1, 0.15) is 1.37 Å². The predicted molar refractivity (Wildman–Crippen MR) is 70.8 cm³/mol. The molecule has 0 fully saturated rings. The molecule has 4 heteroatoms. The van der Waals surface area contributed by atoms with Crippen LogP contribution in [0, 0.1) is 0 Å². The van der Waals surface area contributed by atoms with Crippen molar-refractivity contribution in [3.8, 4) is 0 Å². The summed E-state index contributed by atoms with van der Waals surface area (Å²) in [5.74, 6) is 0.871. The summed E-state index contributed by atoms with van der Waals surface area (Å²) in [6.07, 6.45) is 1.76. The van der Waals surface area contributed by atoms with Gasteiger partial charge in [-0.05, 0) is 24.2 Å². The Morgan fingerprint density at radius 1 is 1.20 bits per heavy atom. The quantitative estimate of drug-likeness (QED) is 0.757. The molecule has 0 aliphatic rings. The Bertz CT molecular complexity index is 465. The van der Waals surface area contributed by atoms with Crippen LogP contribution in [0.5, 0.6) is 0 Å². The fraction of sp³-hybridized carbons (Fsp3) is 0. The zero-order chi connectivity index (χ0) is 11.4. The molecule has 2 aromatic rings. The van der Waals surface area contributed by atoms with E-state index in [1.165, 1.54) is 0 Å². The van der Waals surface area contributed by atoms with Crippen molar-refractivity contribution in [2.75, 3.05) is 4.67 Å². The first-order valence-electron chi connectivity index (χ1n) is 5.06. The Morgan fingerprint density at radius 2 is 2.07 bits per heavy atom. The maximum absolute atomic E-state index is 7.88. The standard InChI is InChI=1S/C11H12N2P2/c14-15-13(10-6-2-1-3-7-10)11-8-4-5-9-12-11/h1-9,15H,14H2/i6T. The minimum absolute atomic E-state index is 0.468. The fourth-order valence-electron chi connectivity index (χ4n) is 1.27. The molecule has 0 bridgehead atoms. The van der Waals surface area contributed by atoms with Crippen LogP contribution in [0.3, 0.4) is 0 Å². The third-order valence-electron chi connectivity index (χ3n) is 1.94. The molecule has 0 spiro atoms. The van der Waals surface area contributed by atoms with Gasteiger partial charge in [-0.1, -0.05) is 33.2 Å². The van der Waals surface area contributed by atoms with Gasteiger partial charge in [-0.3, -0.25) is 0 Å². The lowest BCUT2D eigenvalue weighted by molar-refractivity contribution is 1.25. The van der Waals surface area contributed by atoms with Crippen molar-refractivity contribution >= 4 is 28.9 Å². The molecular formula is C11H12N2P2. The van der Waals surface area contributed by atoms with Gasteiger partial charge in [-0.2, -0.15) is 0 Å². The largest absolute Gasteiger partial charge is 0.304 e. The molecule has 2 rings (SSSR count). The maximum Gasteiger partial charge on any atom is 0.136 e. The zero-order valence-corrected chi connectivity index (χ0v) is 10.2.